The summed E-state index contributed by atoms with van der Waals surface area (Å²) in [6, 6.07) is 13.3. The van der Waals surface area contributed by atoms with Crippen LogP contribution in [0.1, 0.15) is 80.7 Å². The smallest absolute Gasteiger partial charge is 0.319 e. The Hall–Kier alpha value is -3.78. The molecular weight excluding hydrogens is 502 g/mol. The number of phenolic OH excluding ortho intramolecular Hbond substituents is 2. The van der Waals surface area contributed by atoms with Crippen molar-refractivity contribution >= 4 is 17.4 Å². The molecule has 0 radical (unpaired) electrons. The number of carbonyl (C=O) groups excluding carboxylic acids is 1. The monoisotopic (exact) mass is 555 g/mol. The molecule has 0 aromatic heterocycles. The van der Waals surface area contributed by atoms with Crippen molar-refractivity contribution in [2.24, 2.45) is 10.7 Å². The Morgan fingerprint density at radius 2 is 1.35 bits per heavy atom. The van der Waals surface area contributed by atoms with E-state index in [1.165, 1.54) is 6.07 Å². The van der Waals surface area contributed by atoms with E-state index in [1.54, 1.807) is 30.3 Å². The molecule has 2 amide bonds. The molecule has 0 atom stereocenters. The molecule has 2 aromatic rings. The number of hydrogen-bond acceptors (Lipinski definition) is 6. The van der Waals surface area contributed by atoms with Gasteiger partial charge in [0.2, 0.25) is 0 Å². The third kappa shape index (κ3) is 15.6. The van der Waals surface area contributed by atoms with Crippen LogP contribution in [-0.2, 0) is 0 Å². The molecule has 0 aliphatic carbocycles. The number of carbonyl (C=O) groups is 1. The zero-order valence-electron chi connectivity index (χ0n) is 26.1. The molecule has 7 N–H and O–H groups in total. The van der Waals surface area contributed by atoms with Crippen LogP contribution in [0.4, 0.5) is 10.5 Å². The zero-order valence-corrected chi connectivity index (χ0v) is 26.1. The lowest BCUT2D eigenvalue weighted by molar-refractivity contribution is 0.251. The number of nitrogens with two attached hydrogens (primary N) is 1. The van der Waals surface area contributed by atoms with E-state index in [0.717, 1.165) is 36.4 Å². The summed E-state index contributed by atoms with van der Waals surface area (Å²) >= 11 is 0. The van der Waals surface area contributed by atoms with E-state index in [-0.39, 0.29) is 17.5 Å². The molecule has 0 aliphatic rings. The summed E-state index contributed by atoms with van der Waals surface area (Å²) in [5.41, 5.74) is 10.1. The Bertz CT molecular complexity index is 1060. The number of aromatic hydroxyl groups is 2. The van der Waals surface area contributed by atoms with Crippen LogP contribution in [-0.4, -0.2) is 41.6 Å². The highest BCUT2D eigenvalue weighted by Crippen LogP contribution is 2.21. The van der Waals surface area contributed by atoms with Crippen LogP contribution in [0.25, 0.3) is 0 Å². The van der Waals surface area contributed by atoms with E-state index in [9.17, 15) is 15.0 Å². The van der Waals surface area contributed by atoms with Gasteiger partial charge in [0.1, 0.15) is 11.5 Å². The average molecular weight is 556 g/mol. The lowest BCUT2D eigenvalue weighted by atomic mass is 10.1. The predicted octanol–water partition coefficient (Wildman–Crippen LogP) is 7.31. The topological polar surface area (TPSA) is 132 Å². The number of nitrogens with zero attached hydrogens (tertiary/aromatic N) is 1. The number of para-hydroxylation sites is 3. The van der Waals surface area contributed by atoms with Gasteiger partial charge in [-0.05, 0) is 69.5 Å². The SMILES string of the molecule is CC.CC.CC.C\C(=C/C(=N\C(C)=C(/C)CN)c1ccccc1O)NCCCCNC(=O)Nc1ccccc1O. The van der Waals surface area contributed by atoms with Crippen molar-refractivity contribution < 1.29 is 15.0 Å². The number of unbranched alkanes of at least 4 members (excludes halogenated alkanes) is 1. The molecule has 0 fully saturated rings. The molecule has 2 rings (SSSR count). The minimum Gasteiger partial charge on any atom is -0.507 e. The van der Waals surface area contributed by atoms with Crippen molar-refractivity contribution in [3.63, 3.8) is 0 Å². The number of nitrogens with one attached hydrogen (secondary N) is 3. The molecule has 0 saturated carbocycles. The quantitative estimate of drug-likeness (QED) is 0.0982. The first-order valence-corrected chi connectivity index (χ1v) is 14.3. The standard InChI is InChI=1S/C26H35N5O3.3C2H6/c1-18(17-27)20(3)30-23(21-10-4-6-12-24(21)32)16-19(2)28-14-8-9-15-29-26(34)31-22-11-5-7-13-25(22)33;3*1-2/h4-7,10-13,16,28,32-33H,8-9,14-15,17,27H2,1-3H3,(H2,29,31,34);3*1-2H3/b19-16+,20-18+,30-23+;;;. The van der Waals surface area contributed by atoms with E-state index in [2.05, 4.69) is 16.0 Å². The summed E-state index contributed by atoms with van der Waals surface area (Å²) in [6.07, 6.45) is 3.53. The molecular formula is C32H53N5O3. The number of rotatable bonds is 11. The van der Waals surface area contributed by atoms with Crippen LogP contribution in [0.2, 0.25) is 0 Å². The van der Waals surface area contributed by atoms with Crippen LogP contribution in [0.5, 0.6) is 11.5 Å². The summed E-state index contributed by atoms with van der Waals surface area (Å²) in [6.45, 7) is 19.4. The Morgan fingerprint density at radius 1 is 0.825 bits per heavy atom. The minimum absolute atomic E-state index is 0.0275. The summed E-state index contributed by atoms with van der Waals surface area (Å²) < 4.78 is 0. The van der Waals surface area contributed by atoms with E-state index < -0.39 is 0 Å². The fourth-order valence-electron chi connectivity index (χ4n) is 3.02. The van der Waals surface area contributed by atoms with Crippen molar-refractivity contribution in [3.8, 4) is 11.5 Å². The number of amides is 2. The number of allylic oxidation sites excluding steroid dienone is 3. The molecule has 0 spiro atoms. The van der Waals surface area contributed by atoms with Gasteiger partial charge in [-0.25, -0.2) is 4.79 Å². The molecule has 224 valence electrons. The second-order valence-corrected chi connectivity index (χ2v) is 7.94. The third-order valence-electron chi connectivity index (χ3n) is 5.19. The number of anilines is 1. The largest absolute Gasteiger partial charge is 0.507 e. The number of phenols is 2. The van der Waals surface area contributed by atoms with Crippen LogP contribution in [0.15, 0.2) is 76.6 Å². The van der Waals surface area contributed by atoms with Crippen LogP contribution in [0, 0.1) is 0 Å². The van der Waals surface area contributed by atoms with Gasteiger partial charge in [-0.15, -0.1) is 0 Å². The zero-order chi connectivity index (χ0) is 30.9. The van der Waals surface area contributed by atoms with E-state index in [4.69, 9.17) is 10.7 Å². The van der Waals surface area contributed by atoms with Crippen molar-refractivity contribution in [1.29, 1.82) is 0 Å². The Kier molecular flexibility index (Phi) is 23.3. The fourth-order valence-corrected chi connectivity index (χ4v) is 3.02. The third-order valence-corrected chi connectivity index (χ3v) is 5.19. The van der Waals surface area contributed by atoms with Gasteiger partial charge in [-0.3, -0.25) is 4.99 Å². The highest BCUT2D eigenvalue weighted by Gasteiger charge is 2.08. The molecule has 40 heavy (non-hydrogen) atoms. The van der Waals surface area contributed by atoms with Gasteiger partial charge in [0.05, 0.1) is 11.4 Å². The van der Waals surface area contributed by atoms with E-state index in [1.807, 2.05) is 80.5 Å². The van der Waals surface area contributed by atoms with Gasteiger partial charge in [-0.2, -0.15) is 0 Å². The summed E-state index contributed by atoms with van der Waals surface area (Å²) in [5.74, 6) is 0.191. The van der Waals surface area contributed by atoms with Gasteiger partial charge in [0.25, 0.3) is 0 Å². The molecule has 0 aliphatic heterocycles. The van der Waals surface area contributed by atoms with Crippen molar-refractivity contribution in [2.45, 2.75) is 75.2 Å². The van der Waals surface area contributed by atoms with Crippen molar-refractivity contribution in [3.05, 3.63) is 77.1 Å². The molecule has 0 bridgehead atoms. The van der Waals surface area contributed by atoms with Gasteiger partial charge >= 0.3 is 6.03 Å². The lowest BCUT2D eigenvalue weighted by Gasteiger charge is -2.11. The highest BCUT2D eigenvalue weighted by atomic mass is 16.3. The van der Waals surface area contributed by atoms with Gasteiger partial charge in [0, 0.05) is 36.6 Å². The van der Waals surface area contributed by atoms with E-state index in [0.29, 0.717) is 30.1 Å². The maximum absolute atomic E-state index is 11.9. The van der Waals surface area contributed by atoms with Crippen molar-refractivity contribution in [1.82, 2.24) is 10.6 Å². The molecule has 8 nitrogen and oxygen atoms in total. The van der Waals surface area contributed by atoms with Crippen molar-refractivity contribution in [2.75, 3.05) is 25.0 Å². The maximum Gasteiger partial charge on any atom is 0.319 e. The van der Waals surface area contributed by atoms with E-state index >= 15 is 0 Å². The number of benzene rings is 2. The fraction of sp³-hybridized carbons (Fsp3) is 0.438. The maximum atomic E-state index is 11.9. The first-order valence-electron chi connectivity index (χ1n) is 14.3. The van der Waals surface area contributed by atoms with Crippen LogP contribution < -0.4 is 21.7 Å². The second-order valence-electron chi connectivity index (χ2n) is 7.94. The summed E-state index contributed by atoms with van der Waals surface area (Å²) in [4.78, 5) is 16.6. The van der Waals surface area contributed by atoms with Gasteiger partial charge < -0.3 is 31.9 Å². The predicted molar refractivity (Wildman–Crippen MR) is 172 cm³/mol. The Labute approximate surface area is 242 Å². The number of hydrogen-bond donors (Lipinski definition) is 6. The highest BCUT2D eigenvalue weighted by molar-refractivity contribution is 6.11. The minimum atomic E-state index is -0.356. The molecule has 0 unspecified atom stereocenters. The first-order chi connectivity index (χ1) is 19.3. The Morgan fingerprint density at radius 3 is 1.90 bits per heavy atom. The van der Waals surface area contributed by atoms with Crippen LogP contribution in [0.3, 0.4) is 0 Å². The average Bonchev–Trinajstić information content (AvgIpc) is 2.98. The van der Waals surface area contributed by atoms with Crippen LogP contribution >= 0.6 is 0 Å². The normalized spacial score (nSPS) is 11.2. The lowest BCUT2D eigenvalue weighted by Crippen LogP contribution is -2.30. The first kappa shape index (κ1) is 38.4. The summed E-state index contributed by atoms with van der Waals surface area (Å²) in [5, 5.41) is 28.8. The van der Waals surface area contributed by atoms with Gasteiger partial charge in [0.15, 0.2) is 0 Å². The Balaban J connectivity index is 0. The second kappa shape index (κ2) is 24.3. The number of urea groups is 1. The molecule has 8 heteroatoms. The molecule has 0 saturated heterocycles. The number of aliphatic imine (C=N–C) groups is 1. The molecule has 2 aromatic carbocycles. The summed E-state index contributed by atoms with van der Waals surface area (Å²) in [7, 11) is 0. The van der Waals surface area contributed by atoms with Gasteiger partial charge in [-0.1, -0.05) is 65.8 Å². The molecule has 0 heterocycles.